The summed E-state index contributed by atoms with van der Waals surface area (Å²) in [7, 11) is 3.00. The lowest BCUT2D eigenvalue weighted by molar-refractivity contribution is -0.136. The number of carbonyl (C=O) groups excluding carboxylic acids is 2. The number of aliphatic carboxylic acids is 1. The molecule has 2 amide bonds. The fourth-order valence-corrected chi connectivity index (χ4v) is 4.19. The third-order valence-corrected chi connectivity index (χ3v) is 5.87. The van der Waals surface area contributed by atoms with Crippen molar-refractivity contribution in [2.75, 3.05) is 23.4 Å². The van der Waals surface area contributed by atoms with Gasteiger partial charge in [-0.05, 0) is 45.0 Å². The number of carboxylic acid groups (broad SMARTS) is 1. The zero-order valence-corrected chi connectivity index (χ0v) is 18.2. The monoisotopic (exact) mass is 439 g/mol. The van der Waals surface area contributed by atoms with Crippen LogP contribution in [0.1, 0.15) is 37.7 Å². The molecule has 4 N–H and O–H groups in total. The van der Waals surface area contributed by atoms with Gasteiger partial charge in [-0.25, -0.2) is 4.79 Å². The summed E-state index contributed by atoms with van der Waals surface area (Å²) >= 11 is 0. The molecule has 0 bridgehead atoms. The lowest BCUT2D eigenvalue weighted by Gasteiger charge is -2.19. The van der Waals surface area contributed by atoms with Crippen molar-refractivity contribution in [2.24, 2.45) is 0 Å². The molecule has 2 aromatic rings. The van der Waals surface area contributed by atoms with E-state index in [1.165, 1.54) is 21.6 Å². The molecule has 10 heteroatoms. The highest BCUT2D eigenvalue weighted by Crippen LogP contribution is 2.22. The van der Waals surface area contributed by atoms with Crippen LogP contribution in [0.3, 0.4) is 0 Å². The number of hydrogen-bond donors (Lipinski definition) is 4. The second-order valence-electron chi connectivity index (χ2n) is 7.16. The lowest BCUT2D eigenvalue weighted by Crippen LogP contribution is -2.27. The molecule has 8 nitrogen and oxygen atoms in total. The number of rotatable bonds is 9. The van der Waals surface area contributed by atoms with Gasteiger partial charge in [-0.3, -0.25) is 14.9 Å². The quantitative estimate of drug-likeness (QED) is 0.343. The van der Waals surface area contributed by atoms with Crippen LogP contribution in [0.5, 0.6) is 0 Å². The maximum Gasteiger partial charge on any atom is 0.412 e. The minimum Gasteiger partial charge on any atom is -0.481 e. The van der Waals surface area contributed by atoms with E-state index in [0.29, 0.717) is 29.4 Å². The summed E-state index contributed by atoms with van der Waals surface area (Å²) in [6.07, 6.45) is -0.409. The van der Waals surface area contributed by atoms with Gasteiger partial charge in [-0.1, -0.05) is 21.6 Å². The predicted octanol–water partition coefficient (Wildman–Crippen LogP) is 4.10. The van der Waals surface area contributed by atoms with Gasteiger partial charge >= 0.3 is 12.1 Å². The van der Waals surface area contributed by atoms with Gasteiger partial charge in [0.25, 0.3) is 5.91 Å². The smallest absolute Gasteiger partial charge is 0.412 e. The van der Waals surface area contributed by atoms with Crippen LogP contribution in [0, 0.1) is 0 Å². The Balaban J connectivity index is 1.85. The number of ether oxygens (including phenoxy) is 1. The number of carboxylic acids is 1. The largest absolute Gasteiger partial charge is 0.481 e. The van der Waals surface area contributed by atoms with Crippen LogP contribution in [-0.2, 0) is 9.53 Å². The average Bonchev–Trinajstić information content (AvgIpc) is 3.02. The van der Waals surface area contributed by atoms with Gasteiger partial charge in [-0.15, -0.1) is 0 Å². The number of benzene rings is 1. The molecule has 0 saturated heterocycles. The Morgan fingerprint density at radius 2 is 1.86 bits per heavy atom. The Bertz CT molecular complexity index is 876. The standard InChI is InChI=1S/C19H25N3O5S2/c1-19(2,3)27-18(26)21-13-4-5-14-12(10-13)11-15(22-14)17(25)20-7-9-29-28-8-6-16(23)24/h4-5,10-11,22H,6-9H2,1-3H3,(H,20,25)(H,21,26)(H,23,24). The minimum atomic E-state index is -0.810. The van der Waals surface area contributed by atoms with Crippen LogP contribution >= 0.6 is 21.6 Å². The van der Waals surface area contributed by atoms with Crippen molar-refractivity contribution in [3.8, 4) is 0 Å². The maximum absolute atomic E-state index is 12.3. The molecular formula is C19H25N3O5S2. The van der Waals surface area contributed by atoms with E-state index in [0.717, 1.165) is 10.9 Å². The second-order valence-corrected chi connectivity index (χ2v) is 9.86. The molecule has 2 rings (SSSR count). The van der Waals surface area contributed by atoms with E-state index in [-0.39, 0.29) is 12.3 Å². The molecule has 1 aromatic heterocycles. The molecule has 0 fully saturated rings. The highest BCUT2D eigenvalue weighted by molar-refractivity contribution is 8.76. The topological polar surface area (TPSA) is 121 Å². The Hall–Kier alpha value is -2.33. The Labute approximate surface area is 176 Å². The minimum absolute atomic E-state index is 0.129. The summed E-state index contributed by atoms with van der Waals surface area (Å²) < 4.78 is 5.23. The molecule has 0 aliphatic rings. The average molecular weight is 440 g/mol. The van der Waals surface area contributed by atoms with E-state index in [1.807, 2.05) is 0 Å². The molecule has 29 heavy (non-hydrogen) atoms. The van der Waals surface area contributed by atoms with E-state index >= 15 is 0 Å². The first-order valence-electron chi connectivity index (χ1n) is 9.01. The molecule has 0 saturated carbocycles. The number of carbonyl (C=O) groups is 3. The Morgan fingerprint density at radius 3 is 2.55 bits per heavy atom. The van der Waals surface area contributed by atoms with Crippen molar-refractivity contribution in [1.82, 2.24) is 10.3 Å². The van der Waals surface area contributed by atoms with Gasteiger partial charge in [0.1, 0.15) is 11.3 Å². The highest BCUT2D eigenvalue weighted by atomic mass is 33.1. The van der Waals surface area contributed by atoms with Crippen LogP contribution in [0.15, 0.2) is 24.3 Å². The number of hydrogen-bond acceptors (Lipinski definition) is 6. The summed E-state index contributed by atoms with van der Waals surface area (Å²) in [6, 6.07) is 7.00. The first-order valence-corrected chi connectivity index (χ1v) is 11.5. The summed E-state index contributed by atoms with van der Waals surface area (Å²) in [4.78, 5) is 37.7. The van der Waals surface area contributed by atoms with Crippen molar-refractivity contribution < 1.29 is 24.2 Å². The second kappa shape index (κ2) is 10.4. The fraction of sp³-hybridized carbons (Fsp3) is 0.421. The molecule has 0 unspecified atom stereocenters. The molecule has 0 aliphatic carbocycles. The molecule has 0 aliphatic heterocycles. The normalized spacial score (nSPS) is 11.3. The van der Waals surface area contributed by atoms with Crippen molar-refractivity contribution in [1.29, 1.82) is 0 Å². The first kappa shape index (κ1) is 23.0. The summed E-state index contributed by atoms with van der Waals surface area (Å²) in [5, 5.41) is 14.9. The zero-order valence-electron chi connectivity index (χ0n) is 16.5. The van der Waals surface area contributed by atoms with Crippen LogP contribution in [0.2, 0.25) is 0 Å². The van der Waals surface area contributed by atoms with E-state index in [2.05, 4.69) is 15.6 Å². The molecule has 0 spiro atoms. The van der Waals surface area contributed by atoms with E-state index in [1.54, 1.807) is 45.0 Å². The molecule has 1 aromatic carbocycles. The van der Waals surface area contributed by atoms with Gasteiger partial charge in [-0.2, -0.15) is 0 Å². The highest BCUT2D eigenvalue weighted by Gasteiger charge is 2.16. The number of aromatic nitrogens is 1. The number of amides is 2. The van der Waals surface area contributed by atoms with Gasteiger partial charge in [0.05, 0.1) is 6.42 Å². The molecule has 0 radical (unpaired) electrons. The van der Waals surface area contributed by atoms with Crippen molar-refractivity contribution >= 4 is 56.1 Å². The Kier molecular flexibility index (Phi) is 8.27. The van der Waals surface area contributed by atoms with E-state index in [9.17, 15) is 14.4 Å². The number of fused-ring (bicyclic) bond motifs is 1. The van der Waals surface area contributed by atoms with Gasteiger partial charge < -0.3 is 20.1 Å². The van der Waals surface area contributed by atoms with Gasteiger partial charge in [0.2, 0.25) is 0 Å². The summed E-state index contributed by atoms with van der Waals surface area (Å²) in [5.41, 5.74) is 1.20. The van der Waals surface area contributed by atoms with Crippen molar-refractivity contribution in [3.63, 3.8) is 0 Å². The van der Waals surface area contributed by atoms with E-state index < -0.39 is 17.7 Å². The maximum atomic E-state index is 12.3. The molecule has 158 valence electrons. The molecular weight excluding hydrogens is 414 g/mol. The van der Waals surface area contributed by atoms with Gasteiger partial charge in [0, 0.05) is 34.6 Å². The van der Waals surface area contributed by atoms with Crippen LogP contribution in [-0.4, -0.2) is 51.7 Å². The Morgan fingerprint density at radius 1 is 1.14 bits per heavy atom. The number of H-pyrrole nitrogens is 1. The van der Waals surface area contributed by atoms with Crippen molar-refractivity contribution in [3.05, 3.63) is 30.0 Å². The van der Waals surface area contributed by atoms with Crippen LogP contribution < -0.4 is 10.6 Å². The zero-order chi connectivity index (χ0) is 21.4. The molecule has 1 heterocycles. The lowest BCUT2D eigenvalue weighted by atomic mass is 10.2. The molecule has 0 atom stereocenters. The fourth-order valence-electron chi connectivity index (χ4n) is 2.30. The first-order chi connectivity index (χ1) is 13.6. The summed E-state index contributed by atoms with van der Waals surface area (Å²) in [6.45, 7) is 5.85. The SMILES string of the molecule is CC(C)(C)OC(=O)Nc1ccc2[nH]c(C(=O)NCCSSCCC(=O)O)cc2c1. The van der Waals surface area contributed by atoms with Crippen LogP contribution in [0.25, 0.3) is 10.9 Å². The van der Waals surface area contributed by atoms with Crippen LogP contribution in [0.4, 0.5) is 10.5 Å². The van der Waals surface area contributed by atoms with E-state index in [4.69, 9.17) is 9.84 Å². The number of aromatic amines is 1. The number of nitrogens with one attached hydrogen (secondary N) is 3. The van der Waals surface area contributed by atoms with Crippen molar-refractivity contribution in [2.45, 2.75) is 32.8 Å². The predicted molar refractivity (Wildman–Crippen MR) is 118 cm³/mol. The number of anilines is 1. The third-order valence-electron chi connectivity index (χ3n) is 3.46. The third kappa shape index (κ3) is 8.28. The summed E-state index contributed by atoms with van der Waals surface area (Å²) in [5.74, 6) is 0.184. The van der Waals surface area contributed by atoms with Gasteiger partial charge in [0.15, 0.2) is 0 Å².